The van der Waals surface area contributed by atoms with Crippen LogP contribution in [0.25, 0.3) is 0 Å². The molecule has 0 aliphatic heterocycles. The van der Waals surface area contributed by atoms with Crippen LogP contribution in [0.3, 0.4) is 0 Å². The van der Waals surface area contributed by atoms with Crippen molar-refractivity contribution in [3.8, 4) is 11.5 Å². The van der Waals surface area contributed by atoms with E-state index in [9.17, 15) is 9.90 Å². The van der Waals surface area contributed by atoms with Gasteiger partial charge < -0.3 is 9.84 Å². The van der Waals surface area contributed by atoms with Gasteiger partial charge in [-0.05, 0) is 79.2 Å². The van der Waals surface area contributed by atoms with Crippen molar-refractivity contribution in [2.24, 2.45) is 23.2 Å². The van der Waals surface area contributed by atoms with E-state index in [1.807, 2.05) is 6.07 Å². The molecule has 2 fully saturated rings. The number of phenolic OH excluding ortho intramolecular Hbond substituents is 1. The van der Waals surface area contributed by atoms with E-state index in [1.54, 1.807) is 6.07 Å². The fraction of sp³-hybridized carbons (Fsp3) is 0.591. The summed E-state index contributed by atoms with van der Waals surface area (Å²) in [5, 5.41) is 10.7. The molecule has 1 N–H and O–H groups in total. The van der Waals surface area contributed by atoms with Crippen LogP contribution in [0.1, 0.15) is 63.0 Å². The fourth-order valence-corrected chi connectivity index (χ4v) is 6.33. The molecular weight excluding hydrogens is 312 g/mol. The maximum atomic E-state index is 11.2. The molecule has 0 radical (unpaired) electrons. The molecule has 0 bridgehead atoms. The lowest BCUT2D eigenvalue weighted by Crippen LogP contribution is -2.42. The van der Waals surface area contributed by atoms with Crippen molar-refractivity contribution >= 4 is 5.97 Å². The van der Waals surface area contributed by atoms with Crippen LogP contribution in [0.5, 0.6) is 11.5 Å². The van der Waals surface area contributed by atoms with E-state index in [2.05, 4.69) is 19.6 Å². The second kappa shape index (κ2) is 5.89. The minimum atomic E-state index is -0.345. The topological polar surface area (TPSA) is 46.5 Å². The third kappa shape index (κ3) is 2.51. The van der Waals surface area contributed by atoms with Gasteiger partial charge in [-0.3, -0.25) is 4.79 Å². The highest BCUT2D eigenvalue weighted by Crippen LogP contribution is 2.64. The smallest absolute Gasteiger partial charge is 0.308 e. The summed E-state index contributed by atoms with van der Waals surface area (Å²) >= 11 is 0. The molecule has 0 aromatic heterocycles. The summed E-state index contributed by atoms with van der Waals surface area (Å²) in [6.07, 6.45) is 9.21. The van der Waals surface area contributed by atoms with Crippen LogP contribution in [-0.2, 0) is 11.2 Å². The van der Waals surface area contributed by atoms with Crippen LogP contribution in [0.2, 0.25) is 0 Å². The molecule has 3 aliphatic carbocycles. The molecule has 0 heterocycles. The Morgan fingerprint density at radius 2 is 2.12 bits per heavy atom. The monoisotopic (exact) mass is 340 g/mol. The Morgan fingerprint density at radius 1 is 1.32 bits per heavy atom. The first-order valence-corrected chi connectivity index (χ1v) is 9.61. The number of carbonyl (C=O) groups is 1. The average Bonchev–Trinajstić information content (AvgIpc) is 2.90. The average molecular weight is 340 g/mol. The molecule has 5 atom stereocenters. The Bertz CT molecular complexity index is 722. The molecule has 4 rings (SSSR count). The SMILES string of the molecule is C=C[C@@H]1CC[C@H]2[C@@H]3CCc4cc(OC(C)=O)cc(O)c4[C@H]3CC[C@]12C. The van der Waals surface area contributed by atoms with Gasteiger partial charge in [-0.25, -0.2) is 0 Å². The summed E-state index contributed by atoms with van der Waals surface area (Å²) in [7, 11) is 0. The highest BCUT2D eigenvalue weighted by Gasteiger charge is 2.54. The van der Waals surface area contributed by atoms with Crippen molar-refractivity contribution in [3.63, 3.8) is 0 Å². The predicted molar refractivity (Wildman–Crippen MR) is 97.7 cm³/mol. The van der Waals surface area contributed by atoms with Crippen molar-refractivity contribution in [1.82, 2.24) is 0 Å². The van der Waals surface area contributed by atoms with E-state index in [0.29, 0.717) is 34.7 Å². The quantitative estimate of drug-likeness (QED) is 0.469. The number of benzene rings is 1. The van der Waals surface area contributed by atoms with Gasteiger partial charge in [0.25, 0.3) is 0 Å². The molecule has 1 aromatic rings. The number of hydrogen-bond donors (Lipinski definition) is 1. The van der Waals surface area contributed by atoms with Gasteiger partial charge in [0.1, 0.15) is 11.5 Å². The van der Waals surface area contributed by atoms with Crippen molar-refractivity contribution in [2.45, 2.75) is 58.3 Å². The predicted octanol–water partition coefficient (Wildman–Crippen LogP) is 4.98. The van der Waals surface area contributed by atoms with Crippen molar-refractivity contribution in [3.05, 3.63) is 35.9 Å². The summed E-state index contributed by atoms with van der Waals surface area (Å²) in [6.45, 7) is 7.94. The Labute approximate surface area is 150 Å². The first-order chi connectivity index (χ1) is 11.9. The van der Waals surface area contributed by atoms with Crippen LogP contribution < -0.4 is 4.74 Å². The Hall–Kier alpha value is -1.77. The zero-order valence-corrected chi connectivity index (χ0v) is 15.3. The maximum Gasteiger partial charge on any atom is 0.308 e. The summed E-state index contributed by atoms with van der Waals surface area (Å²) < 4.78 is 5.20. The van der Waals surface area contributed by atoms with Gasteiger partial charge >= 0.3 is 5.97 Å². The van der Waals surface area contributed by atoms with Crippen molar-refractivity contribution in [2.75, 3.05) is 0 Å². The van der Waals surface area contributed by atoms with Crippen molar-refractivity contribution in [1.29, 1.82) is 0 Å². The van der Waals surface area contributed by atoms with Gasteiger partial charge in [0.15, 0.2) is 0 Å². The minimum absolute atomic E-state index is 0.310. The Morgan fingerprint density at radius 3 is 2.84 bits per heavy atom. The maximum absolute atomic E-state index is 11.2. The van der Waals surface area contributed by atoms with Gasteiger partial charge in [0.2, 0.25) is 0 Å². The molecule has 134 valence electrons. The molecule has 2 saturated carbocycles. The summed E-state index contributed by atoms with van der Waals surface area (Å²) in [4.78, 5) is 11.2. The Balaban J connectivity index is 1.68. The zero-order valence-electron chi connectivity index (χ0n) is 15.3. The molecule has 0 amide bonds. The van der Waals surface area contributed by atoms with E-state index in [4.69, 9.17) is 4.74 Å². The van der Waals surface area contributed by atoms with E-state index in [1.165, 1.54) is 38.2 Å². The number of phenols is 1. The number of rotatable bonds is 2. The number of allylic oxidation sites excluding steroid dienone is 1. The summed E-state index contributed by atoms with van der Waals surface area (Å²) in [5.74, 6) is 2.90. The molecule has 25 heavy (non-hydrogen) atoms. The second-order valence-electron chi connectivity index (χ2n) is 8.49. The molecule has 0 saturated heterocycles. The standard InChI is InChI=1S/C22H28O3/c1-4-15-6-8-19-17-7-5-14-11-16(25-13(2)23)12-20(24)21(14)18(17)9-10-22(15,19)3/h4,11-12,15,17-19,24H,1,5-10H2,2-3H3/t15-,17-,18+,19+,22-/m1/s1. The molecule has 3 nitrogen and oxygen atoms in total. The number of ether oxygens (including phenoxy) is 1. The van der Waals surface area contributed by atoms with Gasteiger partial charge in [0, 0.05) is 18.6 Å². The normalized spacial score (nSPS) is 36.1. The minimum Gasteiger partial charge on any atom is -0.508 e. The molecular formula is C22H28O3. The molecule has 0 unspecified atom stereocenters. The first-order valence-electron chi connectivity index (χ1n) is 9.61. The lowest BCUT2D eigenvalue weighted by molar-refractivity contribution is -0.131. The summed E-state index contributed by atoms with van der Waals surface area (Å²) in [6, 6.07) is 3.58. The highest BCUT2D eigenvalue weighted by atomic mass is 16.5. The lowest BCUT2D eigenvalue weighted by Gasteiger charge is -2.50. The number of aromatic hydroxyl groups is 1. The van der Waals surface area contributed by atoms with Crippen LogP contribution in [0.15, 0.2) is 24.8 Å². The van der Waals surface area contributed by atoms with Crippen LogP contribution >= 0.6 is 0 Å². The summed E-state index contributed by atoms with van der Waals surface area (Å²) in [5.41, 5.74) is 2.67. The number of esters is 1. The zero-order chi connectivity index (χ0) is 17.8. The van der Waals surface area contributed by atoms with Gasteiger partial charge in [-0.1, -0.05) is 13.0 Å². The van der Waals surface area contributed by atoms with E-state index < -0.39 is 0 Å². The third-order valence-electron chi connectivity index (χ3n) is 7.39. The van der Waals surface area contributed by atoms with Gasteiger partial charge in [0.05, 0.1) is 0 Å². The van der Waals surface area contributed by atoms with E-state index in [-0.39, 0.29) is 5.97 Å². The Kier molecular flexibility index (Phi) is 3.93. The number of carbonyl (C=O) groups excluding carboxylic acids is 1. The van der Waals surface area contributed by atoms with E-state index in [0.717, 1.165) is 24.3 Å². The molecule has 1 aromatic carbocycles. The third-order valence-corrected chi connectivity index (χ3v) is 7.39. The van der Waals surface area contributed by atoms with Crippen LogP contribution in [-0.4, -0.2) is 11.1 Å². The highest BCUT2D eigenvalue weighted by molar-refractivity contribution is 5.70. The van der Waals surface area contributed by atoms with Crippen LogP contribution in [0, 0.1) is 23.2 Å². The molecule has 3 aliphatic rings. The fourth-order valence-electron chi connectivity index (χ4n) is 6.33. The van der Waals surface area contributed by atoms with Gasteiger partial charge in [-0.2, -0.15) is 0 Å². The largest absolute Gasteiger partial charge is 0.508 e. The first kappa shape index (κ1) is 16.7. The number of fused-ring (bicyclic) bond motifs is 5. The van der Waals surface area contributed by atoms with Gasteiger partial charge in [-0.15, -0.1) is 6.58 Å². The lowest BCUT2D eigenvalue weighted by atomic mass is 9.54. The molecule has 0 spiro atoms. The molecule has 3 heteroatoms. The number of hydrogen-bond acceptors (Lipinski definition) is 3. The second-order valence-corrected chi connectivity index (χ2v) is 8.49. The van der Waals surface area contributed by atoms with E-state index >= 15 is 0 Å². The van der Waals surface area contributed by atoms with Crippen molar-refractivity contribution < 1.29 is 14.6 Å². The number of aryl methyl sites for hydroxylation is 1. The van der Waals surface area contributed by atoms with Crippen LogP contribution in [0.4, 0.5) is 0 Å².